The van der Waals surface area contributed by atoms with E-state index < -0.39 is 0 Å². The molecule has 2 N–H and O–H groups in total. The van der Waals surface area contributed by atoms with Gasteiger partial charge < -0.3 is 5.73 Å². The molecule has 2 aromatic rings. The largest absolute Gasteiger partial charge is 0.384 e. The predicted octanol–water partition coefficient (Wildman–Crippen LogP) is 1.73. The Morgan fingerprint density at radius 2 is 1.86 bits per heavy atom. The van der Waals surface area contributed by atoms with Crippen LogP contribution in [0.3, 0.4) is 0 Å². The van der Waals surface area contributed by atoms with E-state index in [4.69, 9.17) is 5.73 Å². The molecular formula is C9H7IN4. The topological polar surface area (TPSA) is 64.7 Å². The third-order valence-electron chi connectivity index (χ3n) is 1.70. The molecule has 0 aliphatic heterocycles. The van der Waals surface area contributed by atoms with Crippen molar-refractivity contribution in [2.45, 2.75) is 0 Å². The van der Waals surface area contributed by atoms with Crippen molar-refractivity contribution in [1.29, 1.82) is 0 Å². The van der Waals surface area contributed by atoms with E-state index in [2.05, 4.69) is 37.5 Å². The zero-order valence-corrected chi connectivity index (χ0v) is 9.34. The van der Waals surface area contributed by atoms with Gasteiger partial charge in [0.2, 0.25) is 0 Å². The lowest BCUT2D eigenvalue weighted by Crippen LogP contribution is -1.95. The summed E-state index contributed by atoms with van der Waals surface area (Å²) in [6.45, 7) is 0. The number of aromatic nitrogens is 3. The third-order valence-corrected chi connectivity index (χ3v) is 2.57. The molecule has 0 bridgehead atoms. The Kier molecular flexibility index (Phi) is 2.58. The average molecular weight is 298 g/mol. The van der Waals surface area contributed by atoms with E-state index >= 15 is 0 Å². The minimum absolute atomic E-state index is 0.504. The molecule has 0 fully saturated rings. The van der Waals surface area contributed by atoms with Crippen molar-refractivity contribution in [2.24, 2.45) is 0 Å². The fourth-order valence-corrected chi connectivity index (χ4v) is 1.69. The second-order valence-corrected chi connectivity index (χ2v) is 3.86. The highest BCUT2D eigenvalue weighted by Gasteiger charge is 2.05. The van der Waals surface area contributed by atoms with Crippen LogP contribution in [0.1, 0.15) is 0 Å². The summed E-state index contributed by atoms with van der Waals surface area (Å²) in [4.78, 5) is 12.1. The minimum atomic E-state index is 0.504. The predicted molar refractivity (Wildman–Crippen MR) is 62.4 cm³/mol. The van der Waals surface area contributed by atoms with E-state index in [1.54, 1.807) is 18.5 Å². The van der Waals surface area contributed by atoms with Crippen molar-refractivity contribution in [3.8, 4) is 11.3 Å². The molecule has 0 spiro atoms. The molecule has 0 radical (unpaired) electrons. The molecule has 2 rings (SSSR count). The lowest BCUT2D eigenvalue weighted by Gasteiger charge is -2.03. The van der Waals surface area contributed by atoms with Crippen LogP contribution in [0, 0.1) is 3.57 Å². The van der Waals surface area contributed by atoms with E-state index in [0.29, 0.717) is 5.82 Å². The molecule has 0 saturated heterocycles. The molecule has 70 valence electrons. The zero-order valence-electron chi connectivity index (χ0n) is 7.18. The fraction of sp³-hybridized carbons (Fsp3) is 0. The maximum atomic E-state index is 5.61. The Hall–Kier alpha value is -1.24. The Labute approximate surface area is 94.7 Å². The maximum absolute atomic E-state index is 5.61. The summed E-state index contributed by atoms with van der Waals surface area (Å²) in [5, 5.41) is 0. The van der Waals surface area contributed by atoms with Crippen molar-refractivity contribution < 1.29 is 0 Å². The monoisotopic (exact) mass is 298 g/mol. The molecule has 2 aromatic heterocycles. The first-order valence-corrected chi connectivity index (χ1v) is 5.02. The number of nitrogen functional groups attached to an aromatic ring is 1. The van der Waals surface area contributed by atoms with Gasteiger partial charge >= 0.3 is 0 Å². The number of halogens is 1. The van der Waals surface area contributed by atoms with E-state index in [1.807, 2.05) is 6.07 Å². The van der Waals surface area contributed by atoms with Crippen molar-refractivity contribution >= 4 is 28.4 Å². The van der Waals surface area contributed by atoms with Crippen LogP contribution in [0.5, 0.6) is 0 Å². The Morgan fingerprint density at radius 1 is 1.14 bits per heavy atom. The molecule has 0 aliphatic carbocycles. The van der Waals surface area contributed by atoms with E-state index in [0.717, 1.165) is 14.8 Å². The van der Waals surface area contributed by atoms with Crippen molar-refractivity contribution in [3.63, 3.8) is 0 Å². The molecule has 0 amide bonds. The van der Waals surface area contributed by atoms with Gasteiger partial charge in [0, 0.05) is 21.5 Å². The van der Waals surface area contributed by atoms with Crippen LogP contribution in [0.25, 0.3) is 11.3 Å². The quantitative estimate of drug-likeness (QED) is 0.814. The van der Waals surface area contributed by atoms with Crippen molar-refractivity contribution in [3.05, 3.63) is 34.4 Å². The van der Waals surface area contributed by atoms with Crippen LogP contribution in [-0.4, -0.2) is 15.0 Å². The molecule has 4 nitrogen and oxygen atoms in total. The second kappa shape index (κ2) is 3.87. The van der Waals surface area contributed by atoms with E-state index in [9.17, 15) is 0 Å². The first-order chi connectivity index (χ1) is 6.77. The smallest absolute Gasteiger partial charge is 0.124 e. The molecule has 0 saturated carbocycles. The Bertz CT molecular complexity index is 444. The lowest BCUT2D eigenvalue weighted by atomic mass is 10.2. The molecule has 14 heavy (non-hydrogen) atoms. The SMILES string of the molecule is Nc1ccc(I)c(-c2cncnc2)n1. The average Bonchev–Trinajstić information content (AvgIpc) is 2.23. The van der Waals surface area contributed by atoms with Gasteiger partial charge in [-0.1, -0.05) is 0 Å². The van der Waals surface area contributed by atoms with Gasteiger partial charge in [-0.2, -0.15) is 0 Å². The summed E-state index contributed by atoms with van der Waals surface area (Å²) in [5.41, 5.74) is 7.31. The van der Waals surface area contributed by atoms with Crippen molar-refractivity contribution in [1.82, 2.24) is 15.0 Å². The summed E-state index contributed by atoms with van der Waals surface area (Å²) in [7, 11) is 0. The van der Waals surface area contributed by atoms with Gasteiger partial charge in [0.25, 0.3) is 0 Å². The van der Waals surface area contributed by atoms with Gasteiger partial charge in [-0.15, -0.1) is 0 Å². The minimum Gasteiger partial charge on any atom is -0.384 e. The summed E-state index contributed by atoms with van der Waals surface area (Å²) in [5.74, 6) is 0.504. The summed E-state index contributed by atoms with van der Waals surface area (Å²) in [6, 6.07) is 3.69. The van der Waals surface area contributed by atoms with Gasteiger partial charge in [-0.3, -0.25) is 0 Å². The number of hydrogen-bond donors (Lipinski definition) is 1. The number of anilines is 1. The standard InChI is InChI=1S/C9H7IN4/c10-7-1-2-8(11)14-9(7)6-3-12-5-13-4-6/h1-5H,(H2,11,14). The first-order valence-electron chi connectivity index (χ1n) is 3.95. The number of hydrogen-bond acceptors (Lipinski definition) is 4. The highest BCUT2D eigenvalue weighted by Crippen LogP contribution is 2.22. The number of pyridine rings is 1. The second-order valence-electron chi connectivity index (χ2n) is 2.69. The van der Waals surface area contributed by atoms with Gasteiger partial charge in [-0.25, -0.2) is 15.0 Å². The highest BCUT2D eigenvalue weighted by atomic mass is 127. The Morgan fingerprint density at radius 3 is 2.57 bits per heavy atom. The van der Waals surface area contributed by atoms with Gasteiger partial charge in [0.05, 0.1) is 5.69 Å². The van der Waals surface area contributed by atoms with Crippen LogP contribution < -0.4 is 5.73 Å². The third kappa shape index (κ3) is 1.82. The van der Waals surface area contributed by atoms with Crippen LogP contribution >= 0.6 is 22.6 Å². The molecule has 0 aromatic carbocycles. The zero-order chi connectivity index (χ0) is 9.97. The van der Waals surface area contributed by atoms with Crippen molar-refractivity contribution in [2.75, 3.05) is 5.73 Å². The molecule has 5 heteroatoms. The molecular weight excluding hydrogens is 291 g/mol. The summed E-state index contributed by atoms with van der Waals surface area (Å²) >= 11 is 2.21. The highest BCUT2D eigenvalue weighted by molar-refractivity contribution is 14.1. The van der Waals surface area contributed by atoms with E-state index in [-0.39, 0.29) is 0 Å². The van der Waals surface area contributed by atoms with E-state index in [1.165, 1.54) is 6.33 Å². The van der Waals surface area contributed by atoms with Gasteiger partial charge in [0.1, 0.15) is 12.1 Å². The number of nitrogens with two attached hydrogens (primary N) is 1. The van der Waals surface area contributed by atoms with Crippen LogP contribution in [0.4, 0.5) is 5.82 Å². The fourth-order valence-electron chi connectivity index (χ4n) is 1.08. The number of rotatable bonds is 1. The van der Waals surface area contributed by atoms with Gasteiger partial charge in [-0.05, 0) is 34.7 Å². The van der Waals surface area contributed by atoms with Crippen LogP contribution in [0.2, 0.25) is 0 Å². The molecule has 2 heterocycles. The summed E-state index contributed by atoms with van der Waals surface area (Å²) < 4.78 is 1.03. The number of nitrogens with zero attached hydrogens (tertiary/aromatic N) is 3. The molecule has 0 unspecified atom stereocenters. The maximum Gasteiger partial charge on any atom is 0.124 e. The molecule has 0 atom stereocenters. The first kappa shape index (κ1) is 9.32. The lowest BCUT2D eigenvalue weighted by molar-refractivity contribution is 1.16. The van der Waals surface area contributed by atoms with Crippen LogP contribution in [0.15, 0.2) is 30.9 Å². The molecule has 0 aliphatic rings. The summed E-state index contributed by atoms with van der Waals surface area (Å²) in [6.07, 6.45) is 4.93. The van der Waals surface area contributed by atoms with Gasteiger partial charge in [0.15, 0.2) is 0 Å². The van der Waals surface area contributed by atoms with Crippen LogP contribution in [-0.2, 0) is 0 Å². The normalized spacial score (nSPS) is 10.1. The Balaban J connectivity index is 2.57.